The quantitative estimate of drug-likeness (QED) is 0.510. The van der Waals surface area contributed by atoms with Gasteiger partial charge in [0.25, 0.3) is 5.69 Å². The van der Waals surface area contributed by atoms with E-state index < -0.39 is 4.92 Å². The van der Waals surface area contributed by atoms with Crippen molar-refractivity contribution in [2.24, 2.45) is 7.05 Å². The summed E-state index contributed by atoms with van der Waals surface area (Å²) in [4.78, 5) is 14.8. The van der Waals surface area contributed by atoms with Crippen molar-refractivity contribution in [3.63, 3.8) is 0 Å². The SMILES string of the molecule is Cn1ccnc1C(Nc1ccc([N+](=O)[O-])cc1Cl)c1ccc(Cl)cc1. The van der Waals surface area contributed by atoms with Crippen LogP contribution in [-0.2, 0) is 7.05 Å². The van der Waals surface area contributed by atoms with Crippen LogP contribution in [0.4, 0.5) is 11.4 Å². The highest BCUT2D eigenvalue weighted by Gasteiger charge is 2.20. The molecule has 0 aliphatic rings. The van der Waals surface area contributed by atoms with E-state index in [1.54, 1.807) is 24.4 Å². The first-order valence-electron chi connectivity index (χ1n) is 7.39. The molecule has 1 unspecified atom stereocenters. The summed E-state index contributed by atoms with van der Waals surface area (Å²) < 4.78 is 1.89. The fourth-order valence-corrected chi connectivity index (χ4v) is 2.85. The number of benzene rings is 2. The lowest BCUT2D eigenvalue weighted by molar-refractivity contribution is -0.384. The average Bonchev–Trinajstić information content (AvgIpc) is 3.00. The highest BCUT2D eigenvalue weighted by Crippen LogP contribution is 2.32. The Hall–Kier alpha value is -2.57. The second-order valence-electron chi connectivity index (χ2n) is 5.45. The van der Waals surface area contributed by atoms with Crippen LogP contribution >= 0.6 is 23.2 Å². The van der Waals surface area contributed by atoms with Crippen LogP contribution in [0.5, 0.6) is 0 Å². The zero-order chi connectivity index (χ0) is 18.0. The first-order valence-corrected chi connectivity index (χ1v) is 8.14. The molecule has 1 heterocycles. The average molecular weight is 377 g/mol. The van der Waals surface area contributed by atoms with E-state index in [0.29, 0.717) is 10.7 Å². The van der Waals surface area contributed by atoms with E-state index in [1.807, 2.05) is 29.9 Å². The molecule has 0 aliphatic heterocycles. The van der Waals surface area contributed by atoms with Gasteiger partial charge in [-0.3, -0.25) is 10.1 Å². The minimum absolute atomic E-state index is 0.0596. The van der Waals surface area contributed by atoms with Crippen molar-refractivity contribution in [1.29, 1.82) is 0 Å². The Morgan fingerprint density at radius 2 is 1.92 bits per heavy atom. The second-order valence-corrected chi connectivity index (χ2v) is 6.29. The molecule has 0 bridgehead atoms. The Kier molecular flexibility index (Phi) is 4.92. The van der Waals surface area contributed by atoms with E-state index in [1.165, 1.54) is 12.1 Å². The third-order valence-corrected chi connectivity index (χ3v) is 4.35. The van der Waals surface area contributed by atoms with Crippen LogP contribution in [0, 0.1) is 10.1 Å². The van der Waals surface area contributed by atoms with Gasteiger partial charge in [0.05, 0.1) is 15.6 Å². The third-order valence-electron chi connectivity index (χ3n) is 3.78. The molecule has 128 valence electrons. The van der Waals surface area contributed by atoms with E-state index in [0.717, 1.165) is 11.4 Å². The first-order chi connectivity index (χ1) is 12.0. The highest BCUT2D eigenvalue weighted by molar-refractivity contribution is 6.33. The Balaban J connectivity index is 2.00. The Morgan fingerprint density at radius 3 is 2.48 bits per heavy atom. The van der Waals surface area contributed by atoms with Crippen molar-refractivity contribution in [2.75, 3.05) is 5.32 Å². The molecular formula is C17H14Cl2N4O2. The number of nitrogens with one attached hydrogen (secondary N) is 1. The molecule has 2 aromatic carbocycles. The molecule has 0 saturated heterocycles. The molecule has 1 atom stereocenters. The zero-order valence-electron chi connectivity index (χ0n) is 13.2. The minimum atomic E-state index is -0.481. The van der Waals surface area contributed by atoms with Crippen LogP contribution in [0.25, 0.3) is 0 Å². The molecule has 0 amide bonds. The Morgan fingerprint density at radius 1 is 1.20 bits per heavy atom. The molecule has 25 heavy (non-hydrogen) atoms. The normalized spacial score (nSPS) is 12.0. The van der Waals surface area contributed by atoms with Crippen molar-refractivity contribution < 1.29 is 4.92 Å². The standard InChI is InChI=1S/C17H14Cl2N4O2/c1-22-9-8-20-17(22)16(11-2-4-12(18)5-3-11)21-15-7-6-13(23(24)25)10-14(15)19/h2-10,16,21H,1H3. The van der Waals surface area contributed by atoms with Gasteiger partial charge in [-0.1, -0.05) is 35.3 Å². The molecule has 0 saturated carbocycles. The number of hydrogen-bond acceptors (Lipinski definition) is 4. The number of rotatable bonds is 5. The highest BCUT2D eigenvalue weighted by atomic mass is 35.5. The van der Waals surface area contributed by atoms with Gasteiger partial charge in [0.2, 0.25) is 0 Å². The maximum atomic E-state index is 10.9. The van der Waals surface area contributed by atoms with Crippen molar-refractivity contribution in [3.8, 4) is 0 Å². The van der Waals surface area contributed by atoms with E-state index in [2.05, 4.69) is 10.3 Å². The summed E-state index contributed by atoms with van der Waals surface area (Å²) in [6.45, 7) is 0. The Bertz CT molecular complexity index is 909. The second kappa shape index (κ2) is 7.13. The van der Waals surface area contributed by atoms with Crippen LogP contribution < -0.4 is 5.32 Å². The molecule has 3 aromatic rings. The summed E-state index contributed by atoms with van der Waals surface area (Å²) in [6, 6.07) is 11.4. The molecule has 0 spiro atoms. The van der Waals surface area contributed by atoms with Crippen molar-refractivity contribution in [1.82, 2.24) is 9.55 Å². The summed E-state index contributed by atoms with van der Waals surface area (Å²) in [7, 11) is 1.89. The summed E-state index contributed by atoms with van der Waals surface area (Å²) in [5.74, 6) is 0.775. The number of halogens is 2. The van der Waals surface area contributed by atoms with Gasteiger partial charge in [-0.15, -0.1) is 0 Å². The molecule has 0 aliphatic carbocycles. The van der Waals surface area contributed by atoms with Crippen LogP contribution in [0.3, 0.4) is 0 Å². The largest absolute Gasteiger partial charge is 0.370 e. The van der Waals surface area contributed by atoms with Gasteiger partial charge in [-0.05, 0) is 23.8 Å². The fourth-order valence-electron chi connectivity index (χ4n) is 2.50. The molecular weight excluding hydrogens is 363 g/mol. The van der Waals surface area contributed by atoms with Crippen molar-refractivity contribution in [3.05, 3.63) is 86.4 Å². The molecule has 6 nitrogen and oxygen atoms in total. The molecule has 1 N–H and O–H groups in total. The van der Waals surface area contributed by atoms with Crippen molar-refractivity contribution in [2.45, 2.75) is 6.04 Å². The summed E-state index contributed by atoms with van der Waals surface area (Å²) in [5, 5.41) is 15.1. The molecule has 0 fully saturated rings. The predicted molar refractivity (Wildman–Crippen MR) is 98.2 cm³/mol. The van der Waals surface area contributed by atoms with Gasteiger partial charge in [-0.2, -0.15) is 0 Å². The molecule has 3 rings (SSSR count). The van der Waals surface area contributed by atoms with Gasteiger partial charge in [0, 0.05) is 36.6 Å². The van der Waals surface area contributed by atoms with E-state index in [-0.39, 0.29) is 16.8 Å². The van der Waals surface area contributed by atoms with E-state index in [4.69, 9.17) is 23.2 Å². The minimum Gasteiger partial charge on any atom is -0.370 e. The lowest BCUT2D eigenvalue weighted by Crippen LogP contribution is -2.17. The van der Waals surface area contributed by atoms with E-state index >= 15 is 0 Å². The van der Waals surface area contributed by atoms with Gasteiger partial charge in [0.15, 0.2) is 0 Å². The number of anilines is 1. The number of hydrogen-bond donors (Lipinski definition) is 1. The van der Waals surface area contributed by atoms with Crippen LogP contribution in [0.2, 0.25) is 10.0 Å². The summed E-state index contributed by atoms with van der Waals surface area (Å²) >= 11 is 12.2. The number of nitro groups is 1. The van der Waals surface area contributed by atoms with Crippen LogP contribution in [-0.4, -0.2) is 14.5 Å². The third kappa shape index (κ3) is 3.75. The summed E-state index contributed by atoms with van der Waals surface area (Å²) in [6.07, 6.45) is 3.55. The molecule has 1 aromatic heterocycles. The van der Waals surface area contributed by atoms with Gasteiger partial charge in [-0.25, -0.2) is 4.98 Å². The maximum Gasteiger partial charge on any atom is 0.271 e. The van der Waals surface area contributed by atoms with Crippen LogP contribution in [0.1, 0.15) is 17.4 Å². The number of aryl methyl sites for hydroxylation is 1. The predicted octanol–water partition coefficient (Wildman–Crippen LogP) is 4.84. The fraction of sp³-hybridized carbons (Fsp3) is 0.118. The number of nitrogens with zero attached hydrogens (tertiary/aromatic N) is 3. The van der Waals surface area contributed by atoms with E-state index in [9.17, 15) is 10.1 Å². The van der Waals surface area contributed by atoms with Gasteiger partial charge >= 0.3 is 0 Å². The summed E-state index contributed by atoms with van der Waals surface area (Å²) in [5.41, 5.74) is 1.46. The maximum absolute atomic E-state index is 10.9. The van der Waals surface area contributed by atoms with Crippen molar-refractivity contribution >= 4 is 34.6 Å². The zero-order valence-corrected chi connectivity index (χ0v) is 14.7. The number of non-ortho nitro benzene ring substituents is 1. The van der Waals surface area contributed by atoms with Crippen LogP contribution in [0.15, 0.2) is 54.9 Å². The lowest BCUT2D eigenvalue weighted by Gasteiger charge is -2.21. The van der Waals surface area contributed by atoms with Gasteiger partial charge < -0.3 is 9.88 Å². The number of aromatic nitrogens is 2. The smallest absolute Gasteiger partial charge is 0.271 e. The number of nitro benzene ring substituents is 1. The molecule has 8 heteroatoms. The lowest BCUT2D eigenvalue weighted by atomic mass is 10.1. The monoisotopic (exact) mass is 376 g/mol. The van der Waals surface area contributed by atoms with Gasteiger partial charge in [0.1, 0.15) is 11.9 Å². The topological polar surface area (TPSA) is 73.0 Å². The number of imidazole rings is 1. The first kappa shape index (κ1) is 17.3. The Labute approximate surface area is 154 Å². The molecule has 0 radical (unpaired) electrons.